The topological polar surface area (TPSA) is 45.8 Å². The molecule has 6 rings (SSSR count). The highest BCUT2D eigenvalue weighted by molar-refractivity contribution is 5.77. The number of aryl methyl sites for hydroxylation is 1. The van der Waals surface area contributed by atoms with Gasteiger partial charge in [0.15, 0.2) is 0 Å². The molecule has 4 aliphatic rings. The van der Waals surface area contributed by atoms with E-state index in [0.717, 1.165) is 42.4 Å². The van der Waals surface area contributed by atoms with Crippen molar-refractivity contribution in [2.24, 2.45) is 40.4 Å². The minimum atomic E-state index is -0.408. The molecule has 7 atom stereocenters. The summed E-state index contributed by atoms with van der Waals surface area (Å²) >= 11 is 0. The second-order valence-electron chi connectivity index (χ2n) is 12.8. The lowest BCUT2D eigenvalue weighted by atomic mass is 9.45. The van der Waals surface area contributed by atoms with Gasteiger partial charge in [0.1, 0.15) is 17.2 Å². The molecule has 1 N–H and O–H groups in total. The molecule has 0 bridgehead atoms. The summed E-state index contributed by atoms with van der Waals surface area (Å²) in [6.45, 7) is 5.29. The molecule has 1 aromatic heterocycles. The zero-order valence-corrected chi connectivity index (χ0v) is 21.0. The molecular weight excluding hydrogens is 423 g/mol. The minimum Gasteiger partial charge on any atom is -0.310 e. The van der Waals surface area contributed by atoms with Crippen LogP contribution in [-0.4, -0.2) is 9.97 Å². The number of aromatic amines is 1. The molecule has 2 aromatic rings. The van der Waals surface area contributed by atoms with E-state index < -0.39 is 5.82 Å². The molecule has 4 aliphatic carbocycles. The first-order chi connectivity index (χ1) is 16.4. The van der Waals surface area contributed by atoms with Crippen molar-refractivity contribution in [2.45, 2.75) is 97.3 Å². The van der Waals surface area contributed by atoms with Crippen molar-refractivity contribution < 1.29 is 4.39 Å². The number of para-hydroxylation sites is 1. The van der Waals surface area contributed by atoms with Gasteiger partial charge in [-0.25, -0.2) is 9.37 Å². The Morgan fingerprint density at radius 3 is 2.74 bits per heavy atom. The lowest BCUT2D eigenvalue weighted by Gasteiger charge is -2.60. The number of fused-ring (bicyclic) bond motifs is 6. The first kappa shape index (κ1) is 22.7. The summed E-state index contributed by atoms with van der Waals surface area (Å²) in [4.78, 5) is 19.8. The first-order valence-corrected chi connectivity index (χ1v) is 14.1. The minimum absolute atomic E-state index is 0.208. The number of rotatable bonds is 4. The van der Waals surface area contributed by atoms with Gasteiger partial charge in [-0.1, -0.05) is 32.8 Å². The first-order valence-electron chi connectivity index (χ1n) is 14.1. The van der Waals surface area contributed by atoms with Crippen LogP contribution in [0.15, 0.2) is 23.0 Å². The van der Waals surface area contributed by atoms with Crippen molar-refractivity contribution in [1.29, 1.82) is 0 Å². The second-order valence-corrected chi connectivity index (χ2v) is 12.8. The van der Waals surface area contributed by atoms with Crippen LogP contribution in [0, 0.1) is 46.2 Å². The summed E-state index contributed by atoms with van der Waals surface area (Å²) < 4.78 is 14.2. The fraction of sp³-hybridized carbons (Fsp3) is 0.733. The van der Waals surface area contributed by atoms with Gasteiger partial charge in [0, 0.05) is 6.42 Å². The Hall–Kier alpha value is -1.71. The zero-order chi connectivity index (χ0) is 23.5. The maximum absolute atomic E-state index is 14.2. The quantitative estimate of drug-likeness (QED) is 0.511. The summed E-state index contributed by atoms with van der Waals surface area (Å²) in [6, 6.07) is 4.60. The maximum Gasteiger partial charge on any atom is 0.258 e. The molecular formula is C30H41FN2O. The normalized spacial score (nSPS) is 39.4. The summed E-state index contributed by atoms with van der Waals surface area (Å²) in [5, 5.41) is 0.341. The Morgan fingerprint density at radius 2 is 1.85 bits per heavy atom. The molecule has 0 saturated heterocycles. The number of H-pyrrole nitrogens is 1. The largest absolute Gasteiger partial charge is 0.310 e. The third-order valence-corrected chi connectivity index (χ3v) is 11.5. The van der Waals surface area contributed by atoms with E-state index >= 15 is 0 Å². The fourth-order valence-corrected chi connectivity index (χ4v) is 9.69. The molecule has 3 nitrogen and oxygen atoms in total. The standard InChI is InChI=1S/C30H41FN2O/c1-29-17-4-3-7-19(29)12-14-21-23-15-13-20(30(23,2)18-16-24(21)29)8-5-11-26-32-27-22(28(34)33-26)9-6-10-25(27)31/h6,9-10,19-21,23-24H,3-5,7-8,11-18H2,1-2H3,(H,32,33,34). The van der Waals surface area contributed by atoms with Crippen LogP contribution in [0.5, 0.6) is 0 Å². The van der Waals surface area contributed by atoms with Gasteiger partial charge in [-0.15, -0.1) is 0 Å². The third kappa shape index (κ3) is 3.49. The van der Waals surface area contributed by atoms with Gasteiger partial charge in [-0.2, -0.15) is 0 Å². The Kier molecular flexibility index (Phi) is 5.65. The number of aromatic nitrogens is 2. The highest BCUT2D eigenvalue weighted by atomic mass is 19.1. The van der Waals surface area contributed by atoms with Gasteiger partial charge in [0.25, 0.3) is 5.56 Å². The van der Waals surface area contributed by atoms with E-state index in [4.69, 9.17) is 0 Å². The number of hydrogen-bond acceptors (Lipinski definition) is 2. The maximum atomic E-state index is 14.2. The van der Waals surface area contributed by atoms with Crippen LogP contribution >= 0.6 is 0 Å². The molecule has 4 heteroatoms. The van der Waals surface area contributed by atoms with Crippen LogP contribution in [0.3, 0.4) is 0 Å². The summed E-state index contributed by atoms with van der Waals surface area (Å²) in [7, 11) is 0. The van der Waals surface area contributed by atoms with E-state index in [-0.39, 0.29) is 11.1 Å². The van der Waals surface area contributed by atoms with E-state index in [1.54, 1.807) is 12.1 Å². The van der Waals surface area contributed by atoms with Gasteiger partial charge < -0.3 is 4.98 Å². The predicted octanol–water partition coefficient (Wildman–Crippen LogP) is 7.43. The predicted molar refractivity (Wildman–Crippen MR) is 135 cm³/mol. The SMILES string of the molecule is CC12CCCCC1CCC1C2CCC2(C)C(CCCc3nc4c(F)cccc4c(=O)[nH]3)CCC12. The van der Waals surface area contributed by atoms with Crippen LogP contribution in [0.4, 0.5) is 4.39 Å². The van der Waals surface area contributed by atoms with Crippen LogP contribution in [0.25, 0.3) is 10.9 Å². The number of halogens is 1. The molecule has 34 heavy (non-hydrogen) atoms. The smallest absolute Gasteiger partial charge is 0.258 e. The molecule has 184 valence electrons. The van der Waals surface area contributed by atoms with Crippen molar-refractivity contribution in [1.82, 2.24) is 9.97 Å². The lowest BCUT2D eigenvalue weighted by Crippen LogP contribution is -2.52. The number of benzene rings is 1. The molecule has 0 radical (unpaired) electrons. The summed E-state index contributed by atoms with van der Waals surface area (Å²) in [5.41, 5.74) is 1.08. The van der Waals surface area contributed by atoms with E-state index in [9.17, 15) is 9.18 Å². The molecule has 0 spiro atoms. The molecule has 1 aromatic carbocycles. The zero-order valence-electron chi connectivity index (χ0n) is 21.0. The van der Waals surface area contributed by atoms with E-state index in [0.29, 0.717) is 22.0 Å². The highest BCUT2D eigenvalue weighted by Gasteiger charge is 2.59. The van der Waals surface area contributed by atoms with E-state index in [1.807, 2.05) is 0 Å². The summed E-state index contributed by atoms with van der Waals surface area (Å²) in [5.74, 6) is 4.81. The van der Waals surface area contributed by atoms with Crippen molar-refractivity contribution in [3.63, 3.8) is 0 Å². The average molecular weight is 465 g/mol. The van der Waals surface area contributed by atoms with Crippen LogP contribution in [0.1, 0.15) is 96.7 Å². The van der Waals surface area contributed by atoms with Crippen molar-refractivity contribution in [3.8, 4) is 0 Å². The monoisotopic (exact) mass is 464 g/mol. The molecule has 7 unspecified atom stereocenters. The second kappa shape index (κ2) is 8.45. The van der Waals surface area contributed by atoms with Gasteiger partial charge in [-0.3, -0.25) is 4.79 Å². The van der Waals surface area contributed by atoms with Crippen LogP contribution in [-0.2, 0) is 6.42 Å². The van der Waals surface area contributed by atoms with E-state index in [2.05, 4.69) is 23.8 Å². The Labute approximate surface area is 203 Å². The number of hydrogen-bond donors (Lipinski definition) is 1. The van der Waals surface area contributed by atoms with Gasteiger partial charge >= 0.3 is 0 Å². The van der Waals surface area contributed by atoms with Crippen LogP contribution < -0.4 is 5.56 Å². The Morgan fingerprint density at radius 1 is 1.00 bits per heavy atom. The van der Waals surface area contributed by atoms with Crippen LogP contribution in [0.2, 0.25) is 0 Å². The molecule has 4 saturated carbocycles. The average Bonchev–Trinajstić information content (AvgIpc) is 3.16. The third-order valence-electron chi connectivity index (χ3n) is 11.5. The van der Waals surface area contributed by atoms with Crippen molar-refractivity contribution in [2.75, 3.05) is 0 Å². The molecule has 1 heterocycles. The van der Waals surface area contributed by atoms with Crippen molar-refractivity contribution in [3.05, 3.63) is 40.2 Å². The number of nitrogens with zero attached hydrogens (tertiary/aromatic N) is 1. The Bertz CT molecular complexity index is 1130. The van der Waals surface area contributed by atoms with Gasteiger partial charge in [0.2, 0.25) is 0 Å². The Balaban J connectivity index is 1.14. The lowest BCUT2D eigenvalue weighted by molar-refractivity contribution is -0.111. The molecule has 0 amide bonds. The number of nitrogens with one attached hydrogen (secondary N) is 1. The molecule has 4 fully saturated rings. The van der Waals surface area contributed by atoms with E-state index in [1.165, 1.54) is 76.7 Å². The van der Waals surface area contributed by atoms with Gasteiger partial charge in [0.05, 0.1) is 5.39 Å². The summed E-state index contributed by atoms with van der Waals surface area (Å²) in [6.07, 6.45) is 17.4. The van der Waals surface area contributed by atoms with Crippen molar-refractivity contribution >= 4 is 10.9 Å². The fourth-order valence-electron chi connectivity index (χ4n) is 9.69. The van der Waals surface area contributed by atoms with Gasteiger partial charge in [-0.05, 0) is 117 Å². The highest BCUT2D eigenvalue weighted by Crippen LogP contribution is 2.67. The molecule has 0 aliphatic heterocycles.